The minimum atomic E-state index is 0.468. The highest BCUT2D eigenvalue weighted by Crippen LogP contribution is 2.22. The molecule has 0 bridgehead atoms. The van der Waals surface area contributed by atoms with E-state index in [1.807, 2.05) is 13.1 Å². The highest BCUT2D eigenvalue weighted by Gasteiger charge is 2.11. The molecule has 1 rings (SSSR count). The lowest BCUT2D eigenvalue weighted by Gasteiger charge is -2.18. The monoisotopic (exact) mass is 251 g/mol. The average Bonchev–Trinajstić information content (AvgIpc) is 2.38. The molecule has 1 unspecified atom stereocenters. The van der Waals surface area contributed by atoms with Crippen molar-refractivity contribution in [3.8, 4) is 5.75 Å². The molecular formula is C15H25NO2. The van der Waals surface area contributed by atoms with Gasteiger partial charge in [0.05, 0.1) is 7.11 Å². The Hall–Kier alpha value is -1.06. The van der Waals surface area contributed by atoms with Crippen LogP contribution >= 0.6 is 0 Å². The quantitative estimate of drug-likeness (QED) is 0.720. The summed E-state index contributed by atoms with van der Waals surface area (Å²) in [6.45, 7) is 2.94. The van der Waals surface area contributed by atoms with Gasteiger partial charge in [0, 0.05) is 19.8 Å². The fourth-order valence-corrected chi connectivity index (χ4v) is 2.15. The fourth-order valence-electron chi connectivity index (χ4n) is 2.15. The highest BCUT2D eigenvalue weighted by molar-refractivity contribution is 5.37. The van der Waals surface area contributed by atoms with E-state index in [9.17, 15) is 0 Å². The molecule has 0 aliphatic heterocycles. The summed E-state index contributed by atoms with van der Waals surface area (Å²) in [7, 11) is 5.49. The van der Waals surface area contributed by atoms with Crippen molar-refractivity contribution in [1.82, 2.24) is 5.32 Å². The molecule has 0 fully saturated rings. The number of nitrogens with one attached hydrogen (secondary N) is 1. The van der Waals surface area contributed by atoms with Crippen molar-refractivity contribution in [1.29, 1.82) is 0 Å². The highest BCUT2D eigenvalue weighted by atomic mass is 16.5. The minimum Gasteiger partial charge on any atom is -0.496 e. The van der Waals surface area contributed by atoms with Gasteiger partial charge in [0.1, 0.15) is 5.75 Å². The van der Waals surface area contributed by atoms with Crippen molar-refractivity contribution in [2.75, 3.05) is 27.9 Å². The molecule has 0 aliphatic carbocycles. The summed E-state index contributed by atoms with van der Waals surface area (Å²) in [6.07, 6.45) is 3.18. The first-order valence-corrected chi connectivity index (χ1v) is 6.51. The predicted molar refractivity (Wildman–Crippen MR) is 75.4 cm³/mol. The molecule has 1 aromatic carbocycles. The molecule has 1 atom stereocenters. The van der Waals surface area contributed by atoms with Crippen LogP contribution in [-0.2, 0) is 11.2 Å². The first kappa shape index (κ1) is 15.0. The maximum atomic E-state index is 5.42. The summed E-state index contributed by atoms with van der Waals surface area (Å²) in [5, 5.41) is 3.37. The van der Waals surface area contributed by atoms with E-state index < -0.39 is 0 Å². The molecule has 1 aromatic rings. The summed E-state index contributed by atoms with van der Waals surface area (Å²) in [5.41, 5.74) is 2.55. The van der Waals surface area contributed by atoms with Gasteiger partial charge < -0.3 is 14.8 Å². The smallest absolute Gasteiger partial charge is 0.122 e. The third-order valence-corrected chi connectivity index (χ3v) is 3.21. The standard InChI is InChI=1S/C15H25NO2/c1-12-7-8-15(18-4)13(10-12)11-14(16-2)6-5-9-17-3/h7-8,10,14,16H,5-6,9,11H2,1-4H3. The topological polar surface area (TPSA) is 30.5 Å². The van der Waals surface area contributed by atoms with Crippen molar-refractivity contribution in [2.24, 2.45) is 0 Å². The zero-order valence-electron chi connectivity index (χ0n) is 12.0. The van der Waals surface area contributed by atoms with E-state index >= 15 is 0 Å². The Balaban J connectivity index is 2.65. The van der Waals surface area contributed by atoms with Gasteiger partial charge in [0.15, 0.2) is 0 Å². The van der Waals surface area contributed by atoms with Crippen LogP contribution in [0.5, 0.6) is 5.75 Å². The number of hydrogen-bond donors (Lipinski definition) is 1. The van der Waals surface area contributed by atoms with E-state index in [0.29, 0.717) is 6.04 Å². The summed E-state index contributed by atoms with van der Waals surface area (Å²) < 4.78 is 10.5. The molecule has 0 aliphatic rings. The van der Waals surface area contributed by atoms with E-state index in [1.54, 1.807) is 14.2 Å². The maximum absolute atomic E-state index is 5.42. The Labute approximate surface area is 110 Å². The van der Waals surface area contributed by atoms with Crippen LogP contribution in [-0.4, -0.2) is 33.9 Å². The van der Waals surface area contributed by atoms with Gasteiger partial charge in [-0.25, -0.2) is 0 Å². The van der Waals surface area contributed by atoms with Crippen LogP contribution in [0.3, 0.4) is 0 Å². The van der Waals surface area contributed by atoms with Gasteiger partial charge in [0.2, 0.25) is 0 Å². The molecule has 0 aromatic heterocycles. The SMILES string of the molecule is CNC(CCCOC)Cc1cc(C)ccc1OC. The van der Waals surface area contributed by atoms with Crippen LogP contribution < -0.4 is 10.1 Å². The normalized spacial score (nSPS) is 12.4. The van der Waals surface area contributed by atoms with E-state index in [1.165, 1.54) is 11.1 Å². The molecule has 0 amide bonds. The molecule has 0 saturated heterocycles. The largest absolute Gasteiger partial charge is 0.496 e. The lowest BCUT2D eigenvalue weighted by Crippen LogP contribution is -2.28. The Morgan fingerprint density at radius 2 is 2.06 bits per heavy atom. The summed E-state index contributed by atoms with van der Waals surface area (Å²) in [4.78, 5) is 0. The Morgan fingerprint density at radius 3 is 2.67 bits per heavy atom. The Morgan fingerprint density at radius 1 is 1.28 bits per heavy atom. The van der Waals surface area contributed by atoms with E-state index in [2.05, 4.69) is 24.4 Å². The lowest BCUT2D eigenvalue weighted by molar-refractivity contribution is 0.189. The summed E-state index contributed by atoms with van der Waals surface area (Å²) >= 11 is 0. The van der Waals surface area contributed by atoms with Gasteiger partial charge in [-0.05, 0) is 44.9 Å². The third-order valence-electron chi connectivity index (χ3n) is 3.21. The van der Waals surface area contributed by atoms with Crippen molar-refractivity contribution in [3.05, 3.63) is 29.3 Å². The zero-order valence-corrected chi connectivity index (χ0v) is 12.0. The molecular weight excluding hydrogens is 226 g/mol. The van der Waals surface area contributed by atoms with Gasteiger partial charge in [-0.15, -0.1) is 0 Å². The number of aryl methyl sites for hydroxylation is 1. The van der Waals surface area contributed by atoms with Crippen LogP contribution in [0.4, 0.5) is 0 Å². The Bertz CT molecular complexity index is 352. The van der Waals surface area contributed by atoms with Crippen LogP contribution in [0, 0.1) is 6.92 Å². The second-order valence-corrected chi connectivity index (χ2v) is 4.64. The molecule has 0 saturated carbocycles. The maximum Gasteiger partial charge on any atom is 0.122 e. The van der Waals surface area contributed by atoms with Gasteiger partial charge in [0.25, 0.3) is 0 Å². The molecule has 0 radical (unpaired) electrons. The van der Waals surface area contributed by atoms with Gasteiger partial charge in [-0.3, -0.25) is 0 Å². The van der Waals surface area contributed by atoms with Crippen molar-refractivity contribution < 1.29 is 9.47 Å². The number of benzene rings is 1. The summed E-state index contributed by atoms with van der Waals surface area (Å²) in [6, 6.07) is 6.81. The molecule has 102 valence electrons. The van der Waals surface area contributed by atoms with Crippen LogP contribution in [0.1, 0.15) is 24.0 Å². The van der Waals surface area contributed by atoms with Gasteiger partial charge >= 0.3 is 0 Å². The summed E-state index contributed by atoms with van der Waals surface area (Å²) in [5.74, 6) is 0.979. The first-order chi connectivity index (χ1) is 8.71. The van der Waals surface area contributed by atoms with Crippen LogP contribution in [0.25, 0.3) is 0 Å². The number of ether oxygens (including phenoxy) is 2. The van der Waals surface area contributed by atoms with E-state index in [0.717, 1.165) is 31.6 Å². The number of hydrogen-bond acceptors (Lipinski definition) is 3. The number of methoxy groups -OCH3 is 2. The van der Waals surface area contributed by atoms with Crippen molar-refractivity contribution in [2.45, 2.75) is 32.2 Å². The van der Waals surface area contributed by atoms with Crippen LogP contribution in [0.15, 0.2) is 18.2 Å². The molecule has 1 N–H and O–H groups in total. The number of likely N-dealkylation sites (N-methyl/N-ethyl adjacent to an activating group) is 1. The van der Waals surface area contributed by atoms with E-state index in [4.69, 9.17) is 9.47 Å². The predicted octanol–water partition coefficient (Wildman–Crippen LogP) is 2.56. The average molecular weight is 251 g/mol. The molecule has 0 spiro atoms. The number of rotatable bonds is 8. The fraction of sp³-hybridized carbons (Fsp3) is 0.600. The molecule has 3 heteroatoms. The van der Waals surface area contributed by atoms with Crippen molar-refractivity contribution in [3.63, 3.8) is 0 Å². The molecule has 18 heavy (non-hydrogen) atoms. The van der Waals surface area contributed by atoms with E-state index in [-0.39, 0.29) is 0 Å². The first-order valence-electron chi connectivity index (χ1n) is 6.51. The van der Waals surface area contributed by atoms with Crippen LogP contribution in [0.2, 0.25) is 0 Å². The third kappa shape index (κ3) is 4.67. The minimum absolute atomic E-state index is 0.468. The second-order valence-electron chi connectivity index (χ2n) is 4.64. The Kier molecular flexibility index (Phi) is 6.76. The van der Waals surface area contributed by atoms with Gasteiger partial charge in [-0.2, -0.15) is 0 Å². The van der Waals surface area contributed by atoms with Crippen molar-refractivity contribution >= 4 is 0 Å². The molecule has 3 nitrogen and oxygen atoms in total. The zero-order chi connectivity index (χ0) is 13.4. The second kappa shape index (κ2) is 8.11. The van der Waals surface area contributed by atoms with Gasteiger partial charge in [-0.1, -0.05) is 17.7 Å². The molecule has 0 heterocycles. The lowest BCUT2D eigenvalue weighted by atomic mass is 9.99.